The minimum absolute atomic E-state index is 0.108. The van der Waals surface area contributed by atoms with Crippen molar-refractivity contribution in [3.05, 3.63) is 46.6 Å². The van der Waals surface area contributed by atoms with Gasteiger partial charge in [0.15, 0.2) is 0 Å². The van der Waals surface area contributed by atoms with Crippen molar-refractivity contribution in [1.82, 2.24) is 9.97 Å². The zero-order chi connectivity index (χ0) is 18.1. The predicted octanol–water partition coefficient (Wildman–Crippen LogP) is 4.17. The Morgan fingerprint density at radius 1 is 1.38 bits per heavy atom. The van der Waals surface area contributed by atoms with Crippen LogP contribution in [0.25, 0.3) is 10.2 Å². The molecule has 2 aromatic heterocycles. The molecular weight excluding hydrogens is 364 g/mol. The Hall–Kier alpha value is -2.43. The van der Waals surface area contributed by atoms with E-state index in [1.165, 1.54) is 28.6 Å². The molecule has 7 heteroatoms. The van der Waals surface area contributed by atoms with E-state index in [1.54, 1.807) is 41.9 Å². The van der Waals surface area contributed by atoms with Gasteiger partial charge in [-0.2, -0.15) is 5.26 Å². The summed E-state index contributed by atoms with van der Waals surface area (Å²) in [6.45, 7) is 1.87. The Bertz CT molecular complexity index is 1040. The van der Waals surface area contributed by atoms with Crippen LogP contribution in [0.4, 0.5) is 5.69 Å². The molecule has 1 atom stereocenters. The summed E-state index contributed by atoms with van der Waals surface area (Å²) in [6.07, 6.45) is 4.95. The number of anilines is 1. The molecule has 26 heavy (non-hydrogen) atoms. The molecule has 1 aromatic carbocycles. The molecule has 0 radical (unpaired) electrons. The number of carbonyl (C=O) groups is 1. The number of nitrogens with one attached hydrogen (secondary N) is 1. The van der Waals surface area contributed by atoms with Gasteiger partial charge in [-0.05, 0) is 49.9 Å². The molecule has 0 unspecified atom stereocenters. The molecule has 1 amide bonds. The monoisotopic (exact) mass is 380 g/mol. The van der Waals surface area contributed by atoms with Crippen molar-refractivity contribution >= 4 is 44.9 Å². The fraction of sp³-hybridized carbons (Fsp3) is 0.263. The first-order chi connectivity index (χ1) is 12.7. The first-order valence-corrected chi connectivity index (χ1v) is 10.1. The Morgan fingerprint density at radius 2 is 2.27 bits per heavy atom. The number of hydrogen-bond donors (Lipinski definition) is 1. The molecule has 0 bridgehead atoms. The van der Waals surface area contributed by atoms with Gasteiger partial charge in [0.05, 0.1) is 16.9 Å². The van der Waals surface area contributed by atoms with Crippen LogP contribution in [0.15, 0.2) is 35.6 Å². The predicted molar refractivity (Wildman–Crippen MR) is 105 cm³/mol. The van der Waals surface area contributed by atoms with Crippen LogP contribution in [0.3, 0.4) is 0 Å². The Kier molecular flexibility index (Phi) is 4.62. The summed E-state index contributed by atoms with van der Waals surface area (Å²) in [5, 5.41) is 13.6. The number of thioether (sulfide) groups is 1. The van der Waals surface area contributed by atoms with Gasteiger partial charge in [0.25, 0.3) is 0 Å². The maximum Gasteiger partial charge on any atom is 0.237 e. The van der Waals surface area contributed by atoms with Gasteiger partial charge >= 0.3 is 0 Å². The molecule has 0 saturated carbocycles. The van der Waals surface area contributed by atoms with Gasteiger partial charge in [0.2, 0.25) is 5.91 Å². The number of carbonyl (C=O) groups excluding carboxylic acids is 1. The summed E-state index contributed by atoms with van der Waals surface area (Å²) in [6, 6.07) is 9.00. The topological polar surface area (TPSA) is 78.7 Å². The molecule has 0 aliphatic heterocycles. The van der Waals surface area contributed by atoms with Gasteiger partial charge in [-0.15, -0.1) is 11.3 Å². The third-order valence-corrected chi connectivity index (χ3v) is 6.68. The quantitative estimate of drug-likeness (QED) is 0.543. The number of rotatable bonds is 4. The largest absolute Gasteiger partial charge is 0.325 e. The average Bonchev–Trinajstić information content (AvgIpc) is 3.23. The van der Waals surface area contributed by atoms with Crippen LogP contribution < -0.4 is 5.32 Å². The minimum atomic E-state index is -0.309. The zero-order valence-electron chi connectivity index (χ0n) is 14.2. The highest BCUT2D eigenvalue weighted by atomic mass is 32.2. The molecule has 1 N–H and O–H groups in total. The molecule has 1 aliphatic rings. The van der Waals surface area contributed by atoms with E-state index in [0.29, 0.717) is 11.3 Å². The molecule has 0 fully saturated rings. The number of aromatic nitrogens is 2. The second-order valence-corrected chi connectivity index (χ2v) is 8.57. The van der Waals surface area contributed by atoms with Crippen LogP contribution in [0.2, 0.25) is 0 Å². The van der Waals surface area contributed by atoms with E-state index in [9.17, 15) is 4.79 Å². The van der Waals surface area contributed by atoms with Crippen molar-refractivity contribution in [2.24, 2.45) is 0 Å². The number of hydrogen-bond acceptors (Lipinski definition) is 6. The minimum Gasteiger partial charge on any atom is -0.325 e. The van der Waals surface area contributed by atoms with E-state index in [2.05, 4.69) is 21.4 Å². The van der Waals surface area contributed by atoms with E-state index in [0.717, 1.165) is 28.1 Å². The van der Waals surface area contributed by atoms with Gasteiger partial charge in [-0.25, -0.2) is 9.97 Å². The highest BCUT2D eigenvalue weighted by molar-refractivity contribution is 8.00. The molecule has 4 rings (SSSR count). The van der Waals surface area contributed by atoms with Crippen LogP contribution in [-0.4, -0.2) is 21.1 Å². The average molecular weight is 380 g/mol. The number of nitrogens with zero attached hydrogens (tertiary/aromatic N) is 3. The maximum absolute atomic E-state index is 12.6. The highest BCUT2D eigenvalue weighted by Crippen LogP contribution is 2.40. The summed E-state index contributed by atoms with van der Waals surface area (Å²) in [5.41, 5.74) is 2.52. The van der Waals surface area contributed by atoms with Crippen LogP contribution >= 0.6 is 23.1 Å². The van der Waals surface area contributed by atoms with Crippen LogP contribution in [0, 0.1) is 11.3 Å². The summed E-state index contributed by atoms with van der Waals surface area (Å²) in [5.74, 6) is -0.108. The molecule has 0 saturated heterocycles. The summed E-state index contributed by atoms with van der Waals surface area (Å²) in [4.78, 5) is 23.9. The third-order valence-electron chi connectivity index (χ3n) is 4.38. The maximum atomic E-state index is 12.6. The van der Waals surface area contributed by atoms with Crippen molar-refractivity contribution in [2.45, 2.75) is 36.5 Å². The second kappa shape index (κ2) is 7.06. The zero-order valence-corrected chi connectivity index (χ0v) is 15.8. The summed E-state index contributed by atoms with van der Waals surface area (Å²) < 4.78 is 0. The van der Waals surface area contributed by atoms with Crippen molar-refractivity contribution in [3.8, 4) is 6.07 Å². The van der Waals surface area contributed by atoms with Crippen molar-refractivity contribution in [1.29, 1.82) is 5.26 Å². The molecule has 0 spiro atoms. The fourth-order valence-electron chi connectivity index (χ4n) is 3.12. The third kappa shape index (κ3) is 3.18. The summed E-state index contributed by atoms with van der Waals surface area (Å²) >= 11 is 3.21. The van der Waals surface area contributed by atoms with Gasteiger partial charge in [-0.3, -0.25) is 4.79 Å². The lowest BCUT2D eigenvalue weighted by Gasteiger charge is -2.12. The van der Waals surface area contributed by atoms with Crippen LogP contribution in [-0.2, 0) is 17.6 Å². The SMILES string of the molecule is C[C@H](Sc1ncnc2sc3c(c12)CCC3)C(=O)Nc1cccc(C#N)c1. The lowest BCUT2D eigenvalue weighted by Crippen LogP contribution is -2.22. The Balaban J connectivity index is 1.54. The molecule has 130 valence electrons. The van der Waals surface area contributed by atoms with Crippen molar-refractivity contribution in [3.63, 3.8) is 0 Å². The number of amides is 1. The van der Waals surface area contributed by atoms with Gasteiger partial charge < -0.3 is 5.32 Å². The number of fused-ring (bicyclic) bond motifs is 3. The molecule has 2 heterocycles. The van der Waals surface area contributed by atoms with E-state index >= 15 is 0 Å². The molecular formula is C19H16N4OS2. The van der Waals surface area contributed by atoms with Crippen molar-refractivity contribution in [2.75, 3.05) is 5.32 Å². The van der Waals surface area contributed by atoms with E-state index in [4.69, 9.17) is 5.26 Å². The standard InChI is InChI=1S/C19H16N4OS2/c1-11(17(24)23-13-5-2-4-12(8-13)9-20)25-18-16-14-6-3-7-15(14)26-19(16)22-10-21-18/h2,4-5,8,10-11H,3,6-7H2,1H3,(H,23,24)/t11-/m0/s1. The van der Waals surface area contributed by atoms with Gasteiger partial charge in [0.1, 0.15) is 16.2 Å². The Labute approximate surface area is 159 Å². The first-order valence-electron chi connectivity index (χ1n) is 8.38. The Morgan fingerprint density at radius 3 is 3.12 bits per heavy atom. The summed E-state index contributed by atoms with van der Waals surface area (Å²) in [7, 11) is 0. The smallest absolute Gasteiger partial charge is 0.237 e. The number of nitriles is 1. The first kappa shape index (κ1) is 17.0. The van der Waals surface area contributed by atoms with Crippen LogP contribution in [0.5, 0.6) is 0 Å². The molecule has 1 aliphatic carbocycles. The fourth-order valence-corrected chi connectivity index (χ4v) is 5.36. The number of benzene rings is 1. The highest BCUT2D eigenvalue weighted by Gasteiger charge is 2.23. The lowest BCUT2D eigenvalue weighted by atomic mass is 10.2. The molecule has 5 nitrogen and oxygen atoms in total. The van der Waals surface area contributed by atoms with E-state index in [1.807, 2.05) is 6.92 Å². The van der Waals surface area contributed by atoms with Crippen molar-refractivity contribution < 1.29 is 4.79 Å². The molecule has 3 aromatic rings. The number of thiophene rings is 1. The second-order valence-electron chi connectivity index (χ2n) is 6.16. The lowest BCUT2D eigenvalue weighted by molar-refractivity contribution is -0.115. The normalized spacial score (nSPS) is 14.0. The van der Waals surface area contributed by atoms with Crippen LogP contribution in [0.1, 0.15) is 29.3 Å². The van der Waals surface area contributed by atoms with Gasteiger partial charge in [-0.1, -0.05) is 17.8 Å². The van der Waals surface area contributed by atoms with Gasteiger partial charge in [0, 0.05) is 16.0 Å². The number of aryl methyl sites for hydroxylation is 2. The van der Waals surface area contributed by atoms with E-state index < -0.39 is 0 Å². The van der Waals surface area contributed by atoms with E-state index in [-0.39, 0.29) is 11.2 Å².